The number of hydrogen-bond donors (Lipinski definition) is 1. The lowest BCUT2D eigenvalue weighted by Gasteiger charge is -2.27. The van der Waals surface area contributed by atoms with Gasteiger partial charge in [0.05, 0.1) is 5.56 Å². The number of carboxylic acid groups (broad SMARTS) is 1. The van der Waals surface area contributed by atoms with Crippen molar-refractivity contribution in [3.05, 3.63) is 32.7 Å². The molecule has 2 rings (SSSR count). The van der Waals surface area contributed by atoms with Crippen LogP contribution in [0.4, 0.5) is 0 Å². The number of carbonyl (C=O) groups excluding carboxylic acids is 1. The van der Waals surface area contributed by atoms with Crippen molar-refractivity contribution >= 4 is 43.7 Å². The van der Waals surface area contributed by atoms with Gasteiger partial charge in [-0.1, -0.05) is 15.9 Å². The number of carboxylic acids is 1. The number of halogens is 2. The summed E-state index contributed by atoms with van der Waals surface area (Å²) in [6.07, 6.45) is 1.75. The molecule has 0 saturated heterocycles. The molecule has 19 heavy (non-hydrogen) atoms. The maximum atomic E-state index is 12.5. The van der Waals surface area contributed by atoms with E-state index in [1.165, 1.54) is 4.90 Å². The van der Waals surface area contributed by atoms with Gasteiger partial charge in [0.15, 0.2) is 0 Å². The summed E-state index contributed by atoms with van der Waals surface area (Å²) in [4.78, 5) is 25.1. The van der Waals surface area contributed by atoms with Crippen molar-refractivity contribution in [2.24, 2.45) is 0 Å². The van der Waals surface area contributed by atoms with Gasteiger partial charge in [0, 0.05) is 15.0 Å². The molecule has 0 heterocycles. The van der Waals surface area contributed by atoms with Crippen molar-refractivity contribution in [3.8, 4) is 0 Å². The fourth-order valence-corrected chi connectivity index (χ4v) is 3.15. The van der Waals surface area contributed by atoms with Crippen LogP contribution in [0.25, 0.3) is 0 Å². The molecule has 0 bridgehead atoms. The first-order valence-electron chi connectivity index (χ1n) is 5.92. The number of carbonyl (C=O) groups is 2. The van der Waals surface area contributed by atoms with Crippen LogP contribution in [0.5, 0.6) is 0 Å². The van der Waals surface area contributed by atoms with E-state index in [1.54, 1.807) is 25.1 Å². The maximum Gasteiger partial charge on any atom is 0.326 e. The van der Waals surface area contributed by atoms with Crippen molar-refractivity contribution in [3.63, 3.8) is 0 Å². The molecule has 1 saturated carbocycles. The average molecular weight is 391 g/mol. The van der Waals surface area contributed by atoms with E-state index in [2.05, 4.69) is 31.9 Å². The molecule has 1 amide bonds. The molecule has 1 atom stereocenters. The monoisotopic (exact) mass is 389 g/mol. The van der Waals surface area contributed by atoms with Gasteiger partial charge >= 0.3 is 5.97 Å². The van der Waals surface area contributed by atoms with Gasteiger partial charge < -0.3 is 10.0 Å². The molecule has 0 aromatic heterocycles. The Labute approximate surface area is 128 Å². The highest BCUT2D eigenvalue weighted by Gasteiger charge is 2.39. The summed E-state index contributed by atoms with van der Waals surface area (Å²) in [5, 5.41) is 9.13. The summed E-state index contributed by atoms with van der Waals surface area (Å²) >= 11 is 6.67. The Kier molecular flexibility index (Phi) is 4.30. The van der Waals surface area contributed by atoms with Crippen LogP contribution < -0.4 is 0 Å². The SMILES string of the molecule is CC(C(=O)O)N(C(=O)c1ccc(Br)cc1Br)C1CC1. The standard InChI is InChI=1S/C13H13Br2NO3/c1-7(13(18)19)16(9-3-4-9)12(17)10-5-2-8(14)6-11(10)15/h2,5-7,9H,3-4H2,1H3,(H,18,19). The molecular weight excluding hydrogens is 378 g/mol. The van der Waals surface area contributed by atoms with Gasteiger partial charge in [-0.05, 0) is 53.9 Å². The van der Waals surface area contributed by atoms with Crippen molar-refractivity contribution in [2.45, 2.75) is 31.8 Å². The summed E-state index contributed by atoms with van der Waals surface area (Å²) in [5.41, 5.74) is 0.489. The molecular formula is C13H13Br2NO3. The average Bonchev–Trinajstić information content (AvgIpc) is 3.13. The van der Waals surface area contributed by atoms with Crippen LogP contribution in [0.2, 0.25) is 0 Å². The molecule has 6 heteroatoms. The summed E-state index contributed by atoms with van der Waals surface area (Å²) in [5.74, 6) is -1.22. The van der Waals surface area contributed by atoms with Gasteiger partial charge in [0.2, 0.25) is 0 Å². The third-order valence-electron chi connectivity index (χ3n) is 3.11. The summed E-state index contributed by atoms with van der Waals surface area (Å²) in [6, 6.07) is 4.49. The van der Waals surface area contributed by atoms with Gasteiger partial charge in [-0.15, -0.1) is 0 Å². The molecule has 1 aliphatic carbocycles. The Bertz CT molecular complexity index is 529. The Morgan fingerprint density at radius 2 is 2.00 bits per heavy atom. The smallest absolute Gasteiger partial charge is 0.326 e. The van der Waals surface area contributed by atoms with Gasteiger partial charge in [-0.2, -0.15) is 0 Å². The van der Waals surface area contributed by atoms with Crippen molar-refractivity contribution in [2.75, 3.05) is 0 Å². The van der Waals surface area contributed by atoms with E-state index < -0.39 is 12.0 Å². The minimum absolute atomic E-state index is 0.0501. The quantitative estimate of drug-likeness (QED) is 0.858. The van der Waals surface area contributed by atoms with Crippen LogP contribution in [-0.2, 0) is 4.79 Å². The Morgan fingerprint density at radius 3 is 2.47 bits per heavy atom. The molecule has 1 aromatic carbocycles. The predicted octanol–water partition coefficient (Wildman–Crippen LogP) is 3.29. The van der Waals surface area contributed by atoms with Crippen LogP contribution in [0.15, 0.2) is 27.1 Å². The lowest BCUT2D eigenvalue weighted by Crippen LogP contribution is -2.44. The highest BCUT2D eigenvalue weighted by Crippen LogP contribution is 2.32. The van der Waals surface area contributed by atoms with E-state index in [9.17, 15) is 9.59 Å². The third kappa shape index (κ3) is 3.17. The second kappa shape index (κ2) is 5.63. The molecule has 1 aromatic rings. The zero-order valence-corrected chi connectivity index (χ0v) is 13.4. The van der Waals surface area contributed by atoms with Gasteiger partial charge in [-0.3, -0.25) is 4.79 Å². The van der Waals surface area contributed by atoms with Crippen molar-refractivity contribution in [1.82, 2.24) is 4.90 Å². The minimum Gasteiger partial charge on any atom is -0.480 e. The van der Waals surface area contributed by atoms with E-state index in [0.717, 1.165) is 17.3 Å². The topological polar surface area (TPSA) is 57.6 Å². The molecule has 1 fully saturated rings. The fourth-order valence-electron chi connectivity index (χ4n) is 1.93. The van der Waals surface area contributed by atoms with E-state index in [4.69, 9.17) is 5.11 Å². The first kappa shape index (κ1) is 14.5. The second-order valence-corrected chi connectivity index (χ2v) is 6.35. The first-order valence-corrected chi connectivity index (χ1v) is 7.51. The fraction of sp³-hybridized carbons (Fsp3) is 0.385. The molecule has 4 nitrogen and oxygen atoms in total. The van der Waals surface area contributed by atoms with Crippen LogP contribution >= 0.6 is 31.9 Å². The van der Waals surface area contributed by atoms with Crippen LogP contribution in [0.1, 0.15) is 30.1 Å². The van der Waals surface area contributed by atoms with E-state index in [1.807, 2.05) is 0 Å². The highest BCUT2D eigenvalue weighted by atomic mass is 79.9. The molecule has 1 aliphatic rings. The van der Waals surface area contributed by atoms with Gasteiger partial charge in [0.1, 0.15) is 6.04 Å². The van der Waals surface area contributed by atoms with E-state index >= 15 is 0 Å². The van der Waals surface area contributed by atoms with E-state index in [0.29, 0.717) is 10.0 Å². The van der Waals surface area contributed by atoms with Crippen molar-refractivity contribution < 1.29 is 14.7 Å². The van der Waals surface area contributed by atoms with Crippen molar-refractivity contribution in [1.29, 1.82) is 0 Å². The number of benzene rings is 1. The second-order valence-electron chi connectivity index (χ2n) is 4.58. The molecule has 1 unspecified atom stereocenters. The summed E-state index contributed by atoms with van der Waals surface area (Å²) in [6.45, 7) is 1.55. The van der Waals surface area contributed by atoms with Crippen LogP contribution in [0, 0.1) is 0 Å². The largest absolute Gasteiger partial charge is 0.480 e. The first-order chi connectivity index (χ1) is 8.91. The Morgan fingerprint density at radius 1 is 1.37 bits per heavy atom. The zero-order chi connectivity index (χ0) is 14.2. The number of rotatable bonds is 4. The molecule has 0 radical (unpaired) electrons. The Hall–Kier alpha value is -0.880. The highest BCUT2D eigenvalue weighted by molar-refractivity contribution is 9.11. The minimum atomic E-state index is -0.978. The lowest BCUT2D eigenvalue weighted by atomic mass is 10.1. The zero-order valence-electron chi connectivity index (χ0n) is 10.3. The Balaban J connectivity index is 2.31. The van der Waals surface area contributed by atoms with E-state index in [-0.39, 0.29) is 11.9 Å². The normalized spacial score (nSPS) is 15.9. The molecule has 0 spiro atoms. The number of nitrogens with zero attached hydrogens (tertiary/aromatic N) is 1. The summed E-state index contributed by atoms with van der Waals surface area (Å²) < 4.78 is 1.52. The van der Waals surface area contributed by atoms with Crippen LogP contribution in [0.3, 0.4) is 0 Å². The molecule has 1 N–H and O–H groups in total. The molecule has 102 valence electrons. The predicted molar refractivity (Wildman–Crippen MR) is 78.1 cm³/mol. The number of aliphatic carboxylic acids is 1. The van der Waals surface area contributed by atoms with Gasteiger partial charge in [-0.25, -0.2) is 4.79 Å². The van der Waals surface area contributed by atoms with Crippen LogP contribution in [-0.4, -0.2) is 34.0 Å². The van der Waals surface area contributed by atoms with Gasteiger partial charge in [0.25, 0.3) is 5.91 Å². The maximum absolute atomic E-state index is 12.5. The lowest BCUT2D eigenvalue weighted by molar-refractivity contribution is -0.141. The molecule has 0 aliphatic heterocycles. The number of amides is 1. The summed E-state index contributed by atoms with van der Waals surface area (Å²) in [7, 11) is 0. The number of hydrogen-bond acceptors (Lipinski definition) is 2. The third-order valence-corrected chi connectivity index (χ3v) is 4.26.